The molecular formula is C12H21NO6S. The summed E-state index contributed by atoms with van der Waals surface area (Å²) < 4.78 is 27.5. The first-order chi connectivity index (χ1) is 9.28. The lowest BCUT2D eigenvalue weighted by atomic mass is 10.1. The van der Waals surface area contributed by atoms with Gasteiger partial charge in [-0.3, -0.25) is 4.79 Å². The van der Waals surface area contributed by atoms with E-state index in [0.29, 0.717) is 6.61 Å². The van der Waals surface area contributed by atoms with Gasteiger partial charge in [0.2, 0.25) is 5.91 Å². The first-order valence-electron chi connectivity index (χ1n) is 6.59. The van der Waals surface area contributed by atoms with Gasteiger partial charge in [-0.25, -0.2) is 13.2 Å². The second kappa shape index (κ2) is 7.58. The Hall–Kier alpha value is -1.15. The molecule has 0 spiro atoms. The third kappa shape index (κ3) is 6.85. The second-order valence-electron chi connectivity index (χ2n) is 5.07. The smallest absolute Gasteiger partial charge is 0.326 e. The Morgan fingerprint density at radius 1 is 1.40 bits per heavy atom. The Morgan fingerprint density at radius 3 is 2.60 bits per heavy atom. The van der Waals surface area contributed by atoms with Gasteiger partial charge in [-0.15, -0.1) is 0 Å². The van der Waals surface area contributed by atoms with E-state index in [-0.39, 0.29) is 24.7 Å². The second-order valence-corrected chi connectivity index (χ2v) is 7.33. The molecule has 8 heteroatoms. The molecule has 0 aromatic carbocycles. The summed E-state index contributed by atoms with van der Waals surface area (Å²) in [5, 5.41) is 11.3. The maximum absolute atomic E-state index is 11.7. The molecule has 1 heterocycles. The molecule has 1 amide bonds. The van der Waals surface area contributed by atoms with Crippen LogP contribution < -0.4 is 5.32 Å². The Bertz CT molecular complexity index is 441. The first kappa shape index (κ1) is 16.9. The molecule has 20 heavy (non-hydrogen) atoms. The maximum atomic E-state index is 11.7. The molecule has 1 aliphatic rings. The van der Waals surface area contributed by atoms with Crippen LogP contribution in [0.1, 0.15) is 32.1 Å². The molecule has 0 radical (unpaired) electrons. The van der Waals surface area contributed by atoms with Gasteiger partial charge >= 0.3 is 5.97 Å². The number of carboxylic acid groups (broad SMARTS) is 1. The summed E-state index contributed by atoms with van der Waals surface area (Å²) in [6.07, 6.45) is 3.60. The molecule has 7 nitrogen and oxygen atoms in total. The highest BCUT2D eigenvalue weighted by Crippen LogP contribution is 2.15. The van der Waals surface area contributed by atoms with E-state index in [1.807, 2.05) is 0 Å². The molecule has 2 unspecified atom stereocenters. The number of aliphatic carboxylic acids is 1. The number of nitrogens with one attached hydrogen (secondary N) is 1. The van der Waals surface area contributed by atoms with Crippen LogP contribution in [0.2, 0.25) is 0 Å². The molecule has 0 saturated carbocycles. The summed E-state index contributed by atoms with van der Waals surface area (Å²) in [7, 11) is -3.26. The number of ether oxygens (including phenoxy) is 1. The molecule has 2 atom stereocenters. The monoisotopic (exact) mass is 307 g/mol. The van der Waals surface area contributed by atoms with Crippen molar-refractivity contribution < 1.29 is 27.9 Å². The summed E-state index contributed by atoms with van der Waals surface area (Å²) in [6, 6.07) is -1.18. The van der Waals surface area contributed by atoms with Crippen molar-refractivity contribution in [3.63, 3.8) is 0 Å². The molecule has 1 fully saturated rings. The quantitative estimate of drug-likeness (QED) is 0.682. The Kier molecular flexibility index (Phi) is 6.41. The SMILES string of the molecule is CS(=O)(=O)CCC(NC(=O)CC1CCCCO1)C(=O)O. The van der Waals surface area contributed by atoms with Crippen LogP contribution in [0.5, 0.6) is 0 Å². The van der Waals surface area contributed by atoms with Crippen LogP contribution in [0.25, 0.3) is 0 Å². The summed E-state index contributed by atoms with van der Waals surface area (Å²) >= 11 is 0. The molecule has 1 aliphatic heterocycles. The number of amides is 1. The zero-order valence-corrected chi connectivity index (χ0v) is 12.3. The minimum atomic E-state index is -3.26. The highest BCUT2D eigenvalue weighted by atomic mass is 32.2. The van der Waals surface area contributed by atoms with Crippen LogP contribution in [-0.4, -0.2) is 56.2 Å². The third-order valence-electron chi connectivity index (χ3n) is 3.10. The zero-order chi connectivity index (χ0) is 15.2. The topological polar surface area (TPSA) is 110 Å². The van der Waals surface area contributed by atoms with E-state index >= 15 is 0 Å². The lowest BCUT2D eigenvalue weighted by Crippen LogP contribution is -2.43. The molecule has 0 bridgehead atoms. The Morgan fingerprint density at radius 2 is 2.10 bits per heavy atom. The van der Waals surface area contributed by atoms with Crippen molar-refractivity contribution in [2.75, 3.05) is 18.6 Å². The number of carbonyl (C=O) groups is 2. The number of hydrogen-bond acceptors (Lipinski definition) is 5. The molecule has 2 N–H and O–H groups in total. The minimum absolute atomic E-state index is 0.114. The van der Waals surface area contributed by atoms with Gasteiger partial charge in [0.1, 0.15) is 15.9 Å². The van der Waals surface area contributed by atoms with Crippen LogP contribution in [0, 0.1) is 0 Å². The average Bonchev–Trinajstić information content (AvgIpc) is 2.34. The van der Waals surface area contributed by atoms with E-state index in [1.54, 1.807) is 0 Å². The first-order valence-corrected chi connectivity index (χ1v) is 8.65. The van der Waals surface area contributed by atoms with Crippen molar-refractivity contribution >= 4 is 21.7 Å². The summed E-state index contributed by atoms with van der Waals surface area (Å²) in [5.74, 6) is -1.92. The van der Waals surface area contributed by atoms with E-state index in [1.165, 1.54) is 0 Å². The number of carboxylic acids is 1. The molecule has 1 rings (SSSR count). The normalized spacial score (nSPS) is 21.1. The van der Waals surface area contributed by atoms with Crippen LogP contribution in [0.3, 0.4) is 0 Å². The lowest BCUT2D eigenvalue weighted by Gasteiger charge is -2.23. The van der Waals surface area contributed by atoms with Crippen LogP contribution in [0.4, 0.5) is 0 Å². The van der Waals surface area contributed by atoms with Gasteiger partial charge in [-0.05, 0) is 25.7 Å². The summed E-state index contributed by atoms with van der Waals surface area (Å²) in [6.45, 7) is 0.619. The highest BCUT2D eigenvalue weighted by Gasteiger charge is 2.24. The number of sulfone groups is 1. The minimum Gasteiger partial charge on any atom is -0.480 e. The van der Waals surface area contributed by atoms with E-state index < -0.39 is 27.8 Å². The largest absolute Gasteiger partial charge is 0.480 e. The van der Waals surface area contributed by atoms with Crippen molar-refractivity contribution in [1.29, 1.82) is 0 Å². The molecular weight excluding hydrogens is 286 g/mol. The van der Waals surface area contributed by atoms with Crippen molar-refractivity contribution in [2.45, 2.75) is 44.2 Å². The van der Waals surface area contributed by atoms with Gasteiger partial charge in [0.25, 0.3) is 0 Å². The molecule has 116 valence electrons. The molecule has 0 aromatic rings. The van der Waals surface area contributed by atoms with Crippen LogP contribution in [0.15, 0.2) is 0 Å². The number of carbonyl (C=O) groups excluding carboxylic acids is 1. The fraction of sp³-hybridized carbons (Fsp3) is 0.833. The molecule has 0 aliphatic carbocycles. The predicted octanol–water partition coefficient (Wildman–Crippen LogP) is -0.0503. The predicted molar refractivity (Wildman–Crippen MR) is 72.1 cm³/mol. The number of hydrogen-bond donors (Lipinski definition) is 2. The summed E-state index contributed by atoms with van der Waals surface area (Å²) in [4.78, 5) is 22.8. The van der Waals surface area contributed by atoms with Crippen LogP contribution in [-0.2, 0) is 24.2 Å². The van der Waals surface area contributed by atoms with Gasteiger partial charge in [-0.2, -0.15) is 0 Å². The van der Waals surface area contributed by atoms with Gasteiger partial charge < -0.3 is 15.2 Å². The third-order valence-corrected chi connectivity index (χ3v) is 4.07. The fourth-order valence-corrected chi connectivity index (χ4v) is 2.68. The Balaban J connectivity index is 2.43. The fourth-order valence-electron chi connectivity index (χ4n) is 2.02. The number of rotatable bonds is 7. The molecule has 1 saturated heterocycles. The van der Waals surface area contributed by atoms with Gasteiger partial charge in [-0.1, -0.05) is 0 Å². The van der Waals surface area contributed by atoms with E-state index in [0.717, 1.165) is 25.5 Å². The van der Waals surface area contributed by atoms with Gasteiger partial charge in [0.15, 0.2) is 0 Å². The van der Waals surface area contributed by atoms with Gasteiger partial charge in [0.05, 0.1) is 18.3 Å². The maximum Gasteiger partial charge on any atom is 0.326 e. The highest BCUT2D eigenvalue weighted by molar-refractivity contribution is 7.90. The van der Waals surface area contributed by atoms with Gasteiger partial charge in [0, 0.05) is 12.9 Å². The van der Waals surface area contributed by atoms with Crippen LogP contribution >= 0.6 is 0 Å². The standard InChI is InChI=1S/C12H21NO6S/c1-20(17,18)7-5-10(12(15)16)13-11(14)8-9-4-2-3-6-19-9/h9-10H,2-8H2,1H3,(H,13,14)(H,15,16). The Labute approximate surface area is 118 Å². The summed E-state index contributed by atoms with van der Waals surface area (Å²) in [5.41, 5.74) is 0. The van der Waals surface area contributed by atoms with E-state index in [9.17, 15) is 18.0 Å². The van der Waals surface area contributed by atoms with Crippen molar-refractivity contribution in [1.82, 2.24) is 5.32 Å². The van der Waals surface area contributed by atoms with E-state index in [4.69, 9.17) is 9.84 Å². The van der Waals surface area contributed by atoms with Crippen molar-refractivity contribution in [2.24, 2.45) is 0 Å². The lowest BCUT2D eigenvalue weighted by molar-refractivity contribution is -0.142. The average molecular weight is 307 g/mol. The van der Waals surface area contributed by atoms with Crippen molar-refractivity contribution in [3.8, 4) is 0 Å². The zero-order valence-electron chi connectivity index (χ0n) is 11.5. The van der Waals surface area contributed by atoms with E-state index in [2.05, 4.69) is 5.32 Å². The molecule has 0 aromatic heterocycles. The van der Waals surface area contributed by atoms with Crippen molar-refractivity contribution in [3.05, 3.63) is 0 Å².